The van der Waals surface area contributed by atoms with Crippen molar-refractivity contribution in [2.24, 2.45) is 0 Å². The molecule has 1 aliphatic rings. The van der Waals surface area contributed by atoms with E-state index in [2.05, 4.69) is 13.8 Å². The fourth-order valence-electron chi connectivity index (χ4n) is 2.26. The van der Waals surface area contributed by atoms with Crippen LogP contribution < -0.4 is 11.2 Å². The van der Waals surface area contributed by atoms with Crippen LogP contribution in [0.1, 0.15) is 25.8 Å². The molecule has 0 amide bonds. The molecule has 1 fully saturated rings. The summed E-state index contributed by atoms with van der Waals surface area (Å²) in [6, 6.07) is 2.90. The second-order valence-corrected chi connectivity index (χ2v) is 5.11. The molecule has 86 valence electrons. The zero-order valence-corrected chi connectivity index (χ0v) is 10.0. The van der Waals surface area contributed by atoms with Crippen molar-refractivity contribution in [1.82, 2.24) is 0 Å². The van der Waals surface area contributed by atoms with E-state index in [1.807, 2.05) is 6.92 Å². The summed E-state index contributed by atoms with van der Waals surface area (Å²) >= 11 is 0. The van der Waals surface area contributed by atoms with Crippen LogP contribution in [-0.2, 0) is 4.65 Å². The molecule has 1 aliphatic heterocycles. The summed E-state index contributed by atoms with van der Waals surface area (Å²) in [6.45, 7) is 6.02. The van der Waals surface area contributed by atoms with Gasteiger partial charge in [0.2, 0.25) is 0 Å². The predicted octanol–water partition coefficient (Wildman–Crippen LogP) is 2.11. The van der Waals surface area contributed by atoms with Gasteiger partial charge >= 0.3 is 6.92 Å². The molecule has 1 aromatic carbocycles. The summed E-state index contributed by atoms with van der Waals surface area (Å²) in [4.78, 5) is 0. The molecule has 0 saturated carbocycles. The maximum Gasteiger partial charge on any atom is 0.327 e. The highest BCUT2D eigenvalue weighted by molar-refractivity contribution is 6.68. The Hall–Kier alpha value is -1.03. The highest BCUT2D eigenvalue weighted by Crippen LogP contribution is 2.29. The standard InChI is InChI=1S/C12H17BFNO/c1-8-10(6-9(14)7-11(8)15)13-5-4-12(2,3)16-13/h6-7H,4-5,15H2,1-3H3. The fraction of sp³-hybridized carbons (Fsp3) is 0.500. The van der Waals surface area contributed by atoms with Gasteiger partial charge in [0, 0.05) is 11.3 Å². The Balaban J connectivity index is 2.35. The first-order valence-electron chi connectivity index (χ1n) is 5.62. The third kappa shape index (κ3) is 2.07. The van der Waals surface area contributed by atoms with Crippen molar-refractivity contribution >= 4 is 18.1 Å². The molecule has 4 heteroatoms. The summed E-state index contributed by atoms with van der Waals surface area (Å²) < 4.78 is 19.2. The van der Waals surface area contributed by atoms with Crippen LogP contribution in [0.3, 0.4) is 0 Å². The Bertz CT molecular complexity index is 420. The molecule has 1 aromatic rings. The van der Waals surface area contributed by atoms with Crippen LogP contribution in [0.2, 0.25) is 6.32 Å². The molecular weight excluding hydrogens is 204 g/mol. The molecule has 0 radical (unpaired) electrons. The number of benzene rings is 1. The summed E-state index contributed by atoms with van der Waals surface area (Å²) in [5, 5.41) is 0. The van der Waals surface area contributed by atoms with Gasteiger partial charge in [0.05, 0.1) is 0 Å². The second-order valence-electron chi connectivity index (χ2n) is 5.11. The molecule has 0 spiro atoms. The number of hydrogen-bond donors (Lipinski definition) is 1. The summed E-state index contributed by atoms with van der Waals surface area (Å²) in [5.41, 5.74) is 7.98. The average Bonchev–Trinajstić information content (AvgIpc) is 2.52. The zero-order chi connectivity index (χ0) is 11.9. The highest BCUT2D eigenvalue weighted by atomic mass is 19.1. The van der Waals surface area contributed by atoms with Crippen molar-refractivity contribution in [1.29, 1.82) is 0 Å². The molecule has 2 rings (SSSR count). The third-order valence-electron chi connectivity index (χ3n) is 3.27. The molecule has 2 N–H and O–H groups in total. The van der Waals surface area contributed by atoms with Gasteiger partial charge < -0.3 is 10.4 Å². The minimum absolute atomic E-state index is 0.0204. The molecule has 16 heavy (non-hydrogen) atoms. The SMILES string of the molecule is Cc1c(N)cc(F)cc1B1CCC(C)(C)O1. The Morgan fingerprint density at radius 2 is 2.12 bits per heavy atom. The number of anilines is 1. The van der Waals surface area contributed by atoms with E-state index >= 15 is 0 Å². The number of rotatable bonds is 1. The van der Waals surface area contributed by atoms with E-state index in [1.54, 1.807) is 0 Å². The first-order chi connectivity index (χ1) is 7.39. The van der Waals surface area contributed by atoms with Crippen molar-refractivity contribution in [3.63, 3.8) is 0 Å². The lowest BCUT2D eigenvalue weighted by molar-refractivity contribution is 0.137. The van der Waals surface area contributed by atoms with E-state index in [1.165, 1.54) is 12.1 Å². The van der Waals surface area contributed by atoms with Gasteiger partial charge in [-0.05, 0) is 56.7 Å². The van der Waals surface area contributed by atoms with Crippen molar-refractivity contribution < 1.29 is 9.04 Å². The van der Waals surface area contributed by atoms with Crippen LogP contribution in [0.25, 0.3) is 0 Å². The van der Waals surface area contributed by atoms with E-state index in [4.69, 9.17) is 10.4 Å². The van der Waals surface area contributed by atoms with Crippen LogP contribution in [0.4, 0.5) is 10.1 Å². The number of halogens is 1. The number of hydrogen-bond acceptors (Lipinski definition) is 2. The molecule has 0 bridgehead atoms. The summed E-state index contributed by atoms with van der Waals surface area (Å²) in [7, 11) is 0. The van der Waals surface area contributed by atoms with Crippen molar-refractivity contribution in [3.8, 4) is 0 Å². The Labute approximate surface area is 96.1 Å². The molecule has 0 atom stereocenters. The number of nitrogens with two attached hydrogens (primary N) is 1. The first kappa shape index (κ1) is 11.5. The smallest absolute Gasteiger partial charge is 0.327 e. The lowest BCUT2D eigenvalue weighted by Crippen LogP contribution is -2.35. The minimum Gasteiger partial charge on any atom is -0.426 e. The number of nitrogen functional groups attached to an aromatic ring is 1. The average molecular weight is 221 g/mol. The minimum atomic E-state index is -0.286. The van der Waals surface area contributed by atoms with Crippen LogP contribution in [0, 0.1) is 12.7 Å². The van der Waals surface area contributed by atoms with Crippen LogP contribution in [-0.4, -0.2) is 12.5 Å². The van der Waals surface area contributed by atoms with Crippen molar-refractivity contribution in [2.75, 3.05) is 5.73 Å². The molecular formula is C12H17BFNO. The molecule has 2 nitrogen and oxygen atoms in total. The normalized spacial score (nSPS) is 19.1. The maximum atomic E-state index is 13.3. The highest BCUT2D eigenvalue weighted by Gasteiger charge is 2.36. The summed E-state index contributed by atoms with van der Waals surface area (Å²) in [5.74, 6) is -0.286. The quantitative estimate of drug-likeness (QED) is 0.582. The van der Waals surface area contributed by atoms with Gasteiger partial charge in [0.15, 0.2) is 0 Å². The summed E-state index contributed by atoms with van der Waals surface area (Å²) in [6.07, 6.45) is 1.92. The van der Waals surface area contributed by atoms with E-state index in [0.29, 0.717) is 5.69 Å². The van der Waals surface area contributed by atoms with Crippen molar-refractivity contribution in [3.05, 3.63) is 23.5 Å². The van der Waals surface area contributed by atoms with Gasteiger partial charge in [-0.3, -0.25) is 0 Å². The lowest BCUT2D eigenvalue weighted by Gasteiger charge is -2.20. The first-order valence-corrected chi connectivity index (χ1v) is 5.62. The Morgan fingerprint density at radius 1 is 1.44 bits per heavy atom. The Morgan fingerprint density at radius 3 is 2.69 bits per heavy atom. The maximum absolute atomic E-state index is 13.3. The third-order valence-corrected chi connectivity index (χ3v) is 3.27. The van der Waals surface area contributed by atoms with E-state index in [-0.39, 0.29) is 18.3 Å². The predicted molar refractivity (Wildman–Crippen MR) is 65.5 cm³/mol. The van der Waals surface area contributed by atoms with Gasteiger partial charge in [-0.1, -0.05) is 0 Å². The van der Waals surface area contributed by atoms with E-state index < -0.39 is 0 Å². The molecule has 1 heterocycles. The van der Waals surface area contributed by atoms with Crippen LogP contribution in [0.15, 0.2) is 12.1 Å². The van der Waals surface area contributed by atoms with Crippen LogP contribution >= 0.6 is 0 Å². The van der Waals surface area contributed by atoms with E-state index in [9.17, 15) is 4.39 Å². The molecule has 0 aliphatic carbocycles. The largest absolute Gasteiger partial charge is 0.426 e. The lowest BCUT2D eigenvalue weighted by atomic mass is 9.57. The van der Waals surface area contributed by atoms with Crippen LogP contribution in [0.5, 0.6) is 0 Å². The van der Waals surface area contributed by atoms with Crippen molar-refractivity contribution in [2.45, 2.75) is 39.1 Å². The molecule has 0 aromatic heterocycles. The molecule has 0 unspecified atom stereocenters. The monoisotopic (exact) mass is 221 g/mol. The zero-order valence-electron chi connectivity index (χ0n) is 10.0. The van der Waals surface area contributed by atoms with E-state index in [0.717, 1.165) is 23.8 Å². The van der Waals surface area contributed by atoms with Gasteiger partial charge in [0.1, 0.15) is 5.82 Å². The second kappa shape index (κ2) is 3.77. The van der Waals surface area contributed by atoms with Gasteiger partial charge in [-0.15, -0.1) is 0 Å². The topological polar surface area (TPSA) is 35.2 Å². The van der Waals surface area contributed by atoms with Gasteiger partial charge in [-0.25, -0.2) is 4.39 Å². The molecule has 1 saturated heterocycles. The van der Waals surface area contributed by atoms with Gasteiger partial charge in [-0.2, -0.15) is 0 Å². The Kier molecular flexibility index (Phi) is 2.70. The van der Waals surface area contributed by atoms with Gasteiger partial charge in [0.25, 0.3) is 0 Å². The fourth-order valence-corrected chi connectivity index (χ4v) is 2.26.